The van der Waals surface area contributed by atoms with E-state index in [1.807, 2.05) is 12.1 Å². The largest absolute Gasteiger partial charge is 0.465 e. The first-order chi connectivity index (χ1) is 10.1. The van der Waals surface area contributed by atoms with E-state index in [1.165, 1.54) is 13.3 Å². The van der Waals surface area contributed by atoms with Crippen LogP contribution in [-0.4, -0.2) is 17.6 Å². The summed E-state index contributed by atoms with van der Waals surface area (Å²) in [6, 6.07) is 6.80. The van der Waals surface area contributed by atoms with Gasteiger partial charge in [0.25, 0.3) is 5.56 Å². The molecule has 0 N–H and O–H groups in total. The highest BCUT2D eigenvalue weighted by Crippen LogP contribution is 2.09. The van der Waals surface area contributed by atoms with Gasteiger partial charge in [-0.15, -0.1) is 0 Å². The Labute approximate surface area is 121 Å². The Morgan fingerprint density at radius 3 is 2.67 bits per heavy atom. The fourth-order valence-electron chi connectivity index (χ4n) is 1.75. The molecule has 106 valence electrons. The van der Waals surface area contributed by atoms with E-state index in [1.54, 1.807) is 6.07 Å². The Kier molecular flexibility index (Phi) is 5.67. The second-order valence-corrected chi connectivity index (χ2v) is 4.23. The molecule has 1 rings (SSSR count). The number of pyridine rings is 1. The quantitative estimate of drug-likeness (QED) is 0.742. The van der Waals surface area contributed by atoms with E-state index >= 15 is 0 Å². The zero-order valence-electron chi connectivity index (χ0n) is 11.4. The maximum atomic E-state index is 12.0. The fourth-order valence-corrected chi connectivity index (χ4v) is 1.75. The SMILES string of the molecule is COC(=O)c1cc(C#N)c(=O)n(C[C@@H](C#N)CCC#N)c1. The van der Waals surface area contributed by atoms with Crippen LogP contribution in [0.1, 0.15) is 28.8 Å². The first kappa shape index (κ1) is 15.9. The van der Waals surface area contributed by atoms with E-state index in [0.29, 0.717) is 6.42 Å². The van der Waals surface area contributed by atoms with Gasteiger partial charge in [0.1, 0.15) is 11.6 Å². The third kappa shape index (κ3) is 3.92. The number of carbonyl (C=O) groups is 1. The topological polar surface area (TPSA) is 120 Å². The average molecular weight is 284 g/mol. The Bertz CT molecular complexity index is 716. The molecule has 21 heavy (non-hydrogen) atoms. The molecule has 0 aliphatic carbocycles. The van der Waals surface area contributed by atoms with Crippen molar-refractivity contribution in [1.29, 1.82) is 15.8 Å². The zero-order chi connectivity index (χ0) is 15.8. The molecule has 7 heteroatoms. The summed E-state index contributed by atoms with van der Waals surface area (Å²) >= 11 is 0. The van der Waals surface area contributed by atoms with Gasteiger partial charge >= 0.3 is 5.97 Å². The number of hydrogen-bond donors (Lipinski definition) is 0. The Balaban J connectivity index is 3.20. The summed E-state index contributed by atoms with van der Waals surface area (Å²) in [5, 5.41) is 26.5. The summed E-state index contributed by atoms with van der Waals surface area (Å²) in [4.78, 5) is 23.5. The summed E-state index contributed by atoms with van der Waals surface area (Å²) in [7, 11) is 1.19. The molecule has 1 heterocycles. The van der Waals surface area contributed by atoms with Gasteiger partial charge in [0, 0.05) is 19.2 Å². The van der Waals surface area contributed by atoms with E-state index in [9.17, 15) is 9.59 Å². The second kappa shape index (κ2) is 7.47. The molecule has 0 aliphatic heterocycles. The minimum Gasteiger partial charge on any atom is -0.465 e. The molecule has 0 saturated carbocycles. The number of nitriles is 3. The van der Waals surface area contributed by atoms with E-state index in [2.05, 4.69) is 4.74 Å². The number of esters is 1. The number of ether oxygens (including phenoxy) is 1. The van der Waals surface area contributed by atoms with Gasteiger partial charge in [0.05, 0.1) is 30.7 Å². The molecule has 0 fully saturated rings. The maximum Gasteiger partial charge on any atom is 0.339 e. The molecule has 0 aromatic carbocycles. The summed E-state index contributed by atoms with van der Waals surface area (Å²) in [6.45, 7) is 0.0104. The molecule has 0 aliphatic rings. The van der Waals surface area contributed by atoms with Gasteiger partial charge in [0.15, 0.2) is 0 Å². The lowest BCUT2D eigenvalue weighted by atomic mass is 10.1. The van der Waals surface area contributed by atoms with Crippen LogP contribution in [0, 0.1) is 39.9 Å². The lowest BCUT2D eigenvalue weighted by molar-refractivity contribution is 0.0599. The van der Waals surface area contributed by atoms with Crippen LogP contribution in [0.3, 0.4) is 0 Å². The van der Waals surface area contributed by atoms with Crippen molar-refractivity contribution in [3.63, 3.8) is 0 Å². The summed E-state index contributed by atoms with van der Waals surface area (Å²) in [6.07, 6.45) is 1.75. The summed E-state index contributed by atoms with van der Waals surface area (Å²) < 4.78 is 5.69. The third-order valence-electron chi connectivity index (χ3n) is 2.83. The standard InChI is InChI=1S/C14H12N4O3/c1-21-14(20)12-5-11(7-17)13(19)18(9-12)8-10(6-16)3-2-4-15/h5,9-10H,2-3,8H2,1H3/t10-/m1/s1. The Hall–Kier alpha value is -3.11. The monoisotopic (exact) mass is 284 g/mol. The van der Waals surface area contributed by atoms with Crippen molar-refractivity contribution in [3.8, 4) is 18.2 Å². The van der Waals surface area contributed by atoms with Crippen molar-refractivity contribution >= 4 is 5.97 Å². The van der Waals surface area contributed by atoms with Crippen LogP contribution in [0.4, 0.5) is 0 Å². The molecule has 1 aromatic rings. The molecule has 1 aromatic heterocycles. The minimum atomic E-state index is -0.675. The molecule has 0 radical (unpaired) electrons. The van der Waals surface area contributed by atoms with Crippen molar-refractivity contribution < 1.29 is 9.53 Å². The van der Waals surface area contributed by atoms with Crippen molar-refractivity contribution in [2.45, 2.75) is 19.4 Å². The highest BCUT2D eigenvalue weighted by Gasteiger charge is 2.15. The average Bonchev–Trinajstić information content (AvgIpc) is 2.51. The van der Waals surface area contributed by atoms with Crippen molar-refractivity contribution in [1.82, 2.24) is 4.57 Å². The van der Waals surface area contributed by atoms with Crippen LogP contribution in [0.25, 0.3) is 0 Å². The number of rotatable bonds is 5. The molecule has 0 bridgehead atoms. The van der Waals surface area contributed by atoms with Gasteiger partial charge in [-0.3, -0.25) is 4.79 Å². The van der Waals surface area contributed by atoms with Gasteiger partial charge in [-0.1, -0.05) is 0 Å². The maximum absolute atomic E-state index is 12.0. The molecule has 0 unspecified atom stereocenters. The number of methoxy groups -OCH3 is 1. The van der Waals surface area contributed by atoms with Gasteiger partial charge < -0.3 is 9.30 Å². The van der Waals surface area contributed by atoms with Crippen molar-refractivity contribution in [3.05, 3.63) is 33.7 Å². The van der Waals surface area contributed by atoms with Gasteiger partial charge in [0.2, 0.25) is 0 Å². The van der Waals surface area contributed by atoms with Crippen LogP contribution in [0.15, 0.2) is 17.1 Å². The van der Waals surface area contributed by atoms with Crippen LogP contribution < -0.4 is 5.56 Å². The Morgan fingerprint density at radius 2 is 2.14 bits per heavy atom. The number of aromatic nitrogens is 1. The van der Waals surface area contributed by atoms with Crippen LogP contribution in [0.2, 0.25) is 0 Å². The highest BCUT2D eigenvalue weighted by molar-refractivity contribution is 5.89. The first-order valence-electron chi connectivity index (χ1n) is 6.06. The third-order valence-corrected chi connectivity index (χ3v) is 2.83. The minimum absolute atomic E-state index is 0.0104. The summed E-state index contributed by atoms with van der Waals surface area (Å²) in [5.74, 6) is -1.23. The molecule has 7 nitrogen and oxygen atoms in total. The van der Waals surface area contributed by atoms with Crippen molar-refractivity contribution in [2.75, 3.05) is 7.11 Å². The molecular formula is C14H12N4O3. The molecule has 0 saturated heterocycles. The predicted molar refractivity (Wildman–Crippen MR) is 70.7 cm³/mol. The highest BCUT2D eigenvalue weighted by atomic mass is 16.5. The molecule has 0 spiro atoms. The Morgan fingerprint density at radius 1 is 1.43 bits per heavy atom. The fraction of sp³-hybridized carbons (Fsp3) is 0.357. The normalized spacial score (nSPS) is 10.8. The van der Waals surface area contributed by atoms with E-state index in [-0.39, 0.29) is 24.1 Å². The smallest absolute Gasteiger partial charge is 0.339 e. The van der Waals surface area contributed by atoms with Gasteiger partial charge in [-0.05, 0) is 12.5 Å². The van der Waals surface area contributed by atoms with Crippen LogP contribution in [0.5, 0.6) is 0 Å². The van der Waals surface area contributed by atoms with E-state index in [4.69, 9.17) is 15.8 Å². The van der Waals surface area contributed by atoms with Gasteiger partial charge in [-0.25, -0.2) is 4.79 Å². The molecule has 1 atom stereocenters. The number of nitrogens with zero attached hydrogens (tertiary/aromatic N) is 4. The summed E-state index contributed by atoms with van der Waals surface area (Å²) in [5.41, 5.74) is -0.720. The van der Waals surface area contributed by atoms with Gasteiger partial charge in [-0.2, -0.15) is 15.8 Å². The van der Waals surface area contributed by atoms with E-state index in [0.717, 1.165) is 10.6 Å². The number of hydrogen-bond acceptors (Lipinski definition) is 6. The predicted octanol–water partition coefficient (Wildman–Crippen LogP) is 0.950. The van der Waals surface area contributed by atoms with Crippen LogP contribution >= 0.6 is 0 Å². The van der Waals surface area contributed by atoms with Crippen molar-refractivity contribution in [2.24, 2.45) is 5.92 Å². The number of carbonyl (C=O) groups excluding carboxylic acids is 1. The zero-order valence-corrected chi connectivity index (χ0v) is 11.4. The molecule has 0 amide bonds. The first-order valence-corrected chi connectivity index (χ1v) is 6.06. The van der Waals surface area contributed by atoms with Crippen LogP contribution in [-0.2, 0) is 11.3 Å². The second-order valence-electron chi connectivity index (χ2n) is 4.23. The van der Waals surface area contributed by atoms with E-state index < -0.39 is 17.4 Å². The lowest BCUT2D eigenvalue weighted by Gasteiger charge is -2.11. The lowest BCUT2D eigenvalue weighted by Crippen LogP contribution is -2.27. The molecular weight excluding hydrogens is 272 g/mol.